The van der Waals surface area contributed by atoms with Crippen LogP contribution in [0.3, 0.4) is 0 Å². The lowest BCUT2D eigenvalue weighted by molar-refractivity contribution is -0.116. The van der Waals surface area contributed by atoms with Crippen LogP contribution >= 0.6 is 15.9 Å². The normalized spacial score (nSPS) is 14.5. The Morgan fingerprint density at radius 3 is 2.52 bits per heavy atom. The van der Waals surface area contributed by atoms with E-state index in [2.05, 4.69) is 67.7 Å². The summed E-state index contributed by atoms with van der Waals surface area (Å²) < 4.78 is 6.34. The molecule has 1 aliphatic rings. The van der Waals surface area contributed by atoms with Gasteiger partial charge in [0, 0.05) is 61.2 Å². The third-order valence-electron chi connectivity index (χ3n) is 5.80. The van der Waals surface area contributed by atoms with Crippen molar-refractivity contribution in [3.8, 4) is 0 Å². The smallest absolute Gasteiger partial charge is 0.286 e. The molecule has 9 heteroatoms. The van der Waals surface area contributed by atoms with Gasteiger partial charge in [0.25, 0.3) is 5.91 Å². The topological polar surface area (TPSA) is 104 Å². The molecule has 0 atom stereocenters. The number of carbonyl (C=O) groups excluding carboxylic acids is 2. The van der Waals surface area contributed by atoms with Crippen molar-refractivity contribution in [2.75, 3.05) is 50.0 Å². The van der Waals surface area contributed by atoms with E-state index in [1.165, 1.54) is 5.69 Å². The number of likely N-dealkylation sites (N-methyl/N-ethyl adjacent to an activating group) is 1. The van der Waals surface area contributed by atoms with Crippen LogP contribution in [0.25, 0.3) is 11.0 Å². The average molecular weight is 514 g/mol. The fraction of sp³-hybridized carbons (Fsp3) is 0.333. The number of hydrogen-bond donors (Lipinski definition) is 3. The molecule has 3 aromatic rings. The molecule has 0 spiro atoms. The third kappa shape index (κ3) is 5.73. The molecule has 4 rings (SSSR count). The number of hydrogen-bond acceptors (Lipinski definition) is 6. The highest BCUT2D eigenvalue weighted by atomic mass is 79.9. The van der Waals surface area contributed by atoms with Crippen LogP contribution in [-0.4, -0.2) is 56.5 Å². The van der Waals surface area contributed by atoms with E-state index in [0.29, 0.717) is 29.7 Å². The van der Waals surface area contributed by atoms with E-state index in [4.69, 9.17) is 10.2 Å². The molecule has 0 saturated carbocycles. The Hall–Kier alpha value is -2.88. The highest BCUT2D eigenvalue weighted by Crippen LogP contribution is 2.33. The van der Waals surface area contributed by atoms with Crippen molar-refractivity contribution in [1.29, 1.82) is 0 Å². The molecule has 33 heavy (non-hydrogen) atoms. The zero-order valence-electron chi connectivity index (χ0n) is 18.6. The van der Waals surface area contributed by atoms with E-state index in [9.17, 15) is 9.59 Å². The zero-order valence-corrected chi connectivity index (χ0v) is 20.2. The monoisotopic (exact) mass is 513 g/mol. The summed E-state index contributed by atoms with van der Waals surface area (Å²) in [4.78, 5) is 29.0. The second-order valence-electron chi connectivity index (χ2n) is 8.24. The number of amides is 2. The van der Waals surface area contributed by atoms with Crippen LogP contribution in [0.5, 0.6) is 0 Å². The van der Waals surface area contributed by atoms with Gasteiger partial charge in [-0.1, -0.05) is 28.1 Å². The van der Waals surface area contributed by atoms with Gasteiger partial charge >= 0.3 is 0 Å². The maximum atomic E-state index is 12.5. The van der Waals surface area contributed by atoms with Gasteiger partial charge in [0.2, 0.25) is 11.7 Å². The minimum absolute atomic E-state index is 0.0511. The molecule has 1 saturated heterocycles. The van der Waals surface area contributed by atoms with Gasteiger partial charge in [-0.05, 0) is 42.9 Å². The fourth-order valence-electron chi connectivity index (χ4n) is 3.89. The minimum atomic E-state index is -0.726. The summed E-state index contributed by atoms with van der Waals surface area (Å²) in [6.45, 7) is 5.42. The Morgan fingerprint density at radius 1 is 1.09 bits per heavy atom. The molecule has 2 aromatic carbocycles. The van der Waals surface area contributed by atoms with Crippen LogP contribution in [0.15, 0.2) is 51.4 Å². The van der Waals surface area contributed by atoms with Crippen molar-refractivity contribution in [2.45, 2.75) is 13.0 Å². The molecule has 1 aromatic heterocycles. The number of furan rings is 1. The lowest BCUT2D eigenvalue weighted by Gasteiger charge is -2.34. The van der Waals surface area contributed by atoms with Crippen LogP contribution in [-0.2, 0) is 11.3 Å². The SMILES string of the molecule is CN1CCN(c2ccc(CNCCC(=O)Nc3c(C(N)=O)oc4ccc(Br)cc34)cc2)CC1. The maximum Gasteiger partial charge on any atom is 0.286 e. The molecule has 0 radical (unpaired) electrons. The van der Waals surface area contributed by atoms with Gasteiger partial charge in [0.05, 0.1) is 0 Å². The van der Waals surface area contributed by atoms with Crippen LogP contribution in [0.4, 0.5) is 11.4 Å². The highest BCUT2D eigenvalue weighted by molar-refractivity contribution is 9.10. The van der Waals surface area contributed by atoms with Crippen molar-refractivity contribution in [3.63, 3.8) is 0 Å². The zero-order chi connectivity index (χ0) is 23.4. The highest BCUT2D eigenvalue weighted by Gasteiger charge is 2.20. The van der Waals surface area contributed by atoms with E-state index in [1.54, 1.807) is 18.2 Å². The van der Waals surface area contributed by atoms with Gasteiger partial charge in [-0.2, -0.15) is 0 Å². The summed E-state index contributed by atoms with van der Waals surface area (Å²) in [5, 5.41) is 6.71. The number of carbonyl (C=O) groups is 2. The van der Waals surface area contributed by atoms with E-state index in [0.717, 1.165) is 36.2 Å². The number of fused-ring (bicyclic) bond motifs is 1. The number of nitrogens with zero attached hydrogens (tertiary/aromatic N) is 2. The van der Waals surface area contributed by atoms with E-state index in [1.807, 2.05) is 0 Å². The predicted molar refractivity (Wildman–Crippen MR) is 134 cm³/mol. The first-order chi connectivity index (χ1) is 15.9. The summed E-state index contributed by atoms with van der Waals surface area (Å²) in [5.41, 5.74) is 8.63. The van der Waals surface area contributed by atoms with Gasteiger partial charge in [0.15, 0.2) is 0 Å². The predicted octanol–water partition coefficient (Wildman–Crippen LogP) is 3.16. The number of benzene rings is 2. The molecule has 1 fully saturated rings. The molecule has 0 bridgehead atoms. The summed E-state index contributed by atoms with van der Waals surface area (Å²) in [5.74, 6) is -1.00. The largest absolute Gasteiger partial charge is 0.449 e. The number of rotatable bonds is 8. The first kappa shape index (κ1) is 23.3. The van der Waals surface area contributed by atoms with Crippen LogP contribution < -0.4 is 21.3 Å². The second-order valence-corrected chi connectivity index (χ2v) is 9.16. The molecular formula is C24H28BrN5O3. The molecule has 2 heterocycles. The van der Waals surface area contributed by atoms with Crippen molar-refractivity contribution >= 4 is 50.1 Å². The van der Waals surface area contributed by atoms with Gasteiger partial charge in [-0.25, -0.2) is 0 Å². The quantitative estimate of drug-likeness (QED) is 0.399. The number of primary amides is 1. The number of piperazine rings is 1. The first-order valence-corrected chi connectivity index (χ1v) is 11.7. The molecule has 0 aliphatic carbocycles. The summed E-state index contributed by atoms with van der Waals surface area (Å²) >= 11 is 3.40. The van der Waals surface area contributed by atoms with Crippen molar-refractivity contribution in [3.05, 3.63) is 58.3 Å². The molecule has 4 N–H and O–H groups in total. The van der Waals surface area contributed by atoms with Crippen LogP contribution in [0.1, 0.15) is 22.5 Å². The molecule has 0 unspecified atom stereocenters. The van der Waals surface area contributed by atoms with Crippen LogP contribution in [0, 0.1) is 0 Å². The van der Waals surface area contributed by atoms with Gasteiger partial charge in [-0.3, -0.25) is 9.59 Å². The Bertz CT molecular complexity index is 1140. The number of nitrogens with one attached hydrogen (secondary N) is 2. The molecular weight excluding hydrogens is 486 g/mol. The first-order valence-electron chi connectivity index (χ1n) is 11.0. The van der Waals surface area contributed by atoms with Gasteiger partial charge in [-0.15, -0.1) is 0 Å². The van der Waals surface area contributed by atoms with Gasteiger partial charge in [0.1, 0.15) is 11.3 Å². The lowest BCUT2D eigenvalue weighted by atomic mass is 10.1. The number of anilines is 2. The lowest BCUT2D eigenvalue weighted by Crippen LogP contribution is -2.44. The maximum absolute atomic E-state index is 12.5. The number of halogens is 1. The van der Waals surface area contributed by atoms with Crippen molar-refractivity contribution in [2.24, 2.45) is 5.73 Å². The molecule has 174 valence electrons. The van der Waals surface area contributed by atoms with Crippen LogP contribution in [0.2, 0.25) is 0 Å². The Labute approximate surface area is 201 Å². The molecule has 2 amide bonds. The van der Waals surface area contributed by atoms with E-state index in [-0.39, 0.29) is 18.1 Å². The summed E-state index contributed by atoms with van der Waals surface area (Å²) in [6, 6.07) is 13.8. The Morgan fingerprint density at radius 2 is 1.82 bits per heavy atom. The fourth-order valence-corrected chi connectivity index (χ4v) is 4.25. The summed E-state index contributed by atoms with van der Waals surface area (Å²) in [6.07, 6.45) is 0.248. The standard InChI is InChI=1S/C24H28BrN5O3/c1-29-10-12-30(13-11-29)18-5-2-16(3-6-18)15-27-9-8-21(31)28-22-19-14-17(25)4-7-20(19)33-23(22)24(26)32/h2-7,14,27H,8-13,15H2,1H3,(H2,26,32)(H,28,31). The van der Waals surface area contributed by atoms with Crippen molar-refractivity contribution in [1.82, 2.24) is 10.2 Å². The molecule has 1 aliphatic heterocycles. The Kier molecular flexibility index (Phi) is 7.32. The minimum Gasteiger partial charge on any atom is -0.449 e. The average Bonchev–Trinajstić information content (AvgIpc) is 3.15. The second kappa shape index (κ2) is 10.4. The summed E-state index contributed by atoms with van der Waals surface area (Å²) in [7, 11) is 2.15. The van der Waals surface area contributed by atoms with Gasteiger partial charge < -0.3 is 30.6 Å². The van der Waals surface area contributed by atoms with E-state index >= 15 is 0 Å². The van der Waals surface area contributed by atoms with Crippen molar-refractivity contribution < 1.29 is 14.0 Å². The third-order valence-corrected chi connectivity index (χ3v) is 6.29. The number of nitrogens with two attached hydrogens (primary N) is 1. The molecule has 8 nitrogen and oxygen atoms in total. The van der Waals surface area contributed by atoms with E-state index < -0.39 is 5.91 Å². The Balaban J connectivity index is 1.28.